The molecule has 3 aromatic rings. The number of hydrogen-bond acceptors (Lipinski definition) is 4. The zero-order valence-electron chi connectivity index (χ0n) is 13.7. The number of H-pyrrole nitrogens is 1. The first-order chi connectivity index (χ1) is 12.2. The van der Waals surface area contributed by atoms with E-state index >= 15 is 0 Å². The minimum atomic E-state index is -0.293. The highest BCUT2D eigenvalue weighted by molar-refractivity contribution is 6.04. The second-order valence-electron chi connectivity index (χ2n) is 5.54. The number of nitrogens with zero attached hydrogens (tertiary/aromatic N) is 2. The van der Waals surface area contributed by atoms with Gasteiger partial charge in [0.2, 0.25) is 5.91 Å². The summed E-state index contributed by atoms with van der Waals surface area (Å²) in [5.74, 6) is -0.401. The SMILES string of the molecule is O=C(CCNC(=O)c1n[nH]c2ccccc12)NCCc1ccccn1. The van der Waals surface area contributed by atoms with Crippen LogP contribution in [0.2, 0.25) is 0 Å². The van der Waals surface area contributed by atoms with E-state index in [-0.39, 0.29) is 24.8 Å². The van der Waals surface area contributed by atoms with Crippen molar-refractivity contribution in [1.29, 1.82) is 0 Å². The van der Waals surface area contributed by atoms with Gasteiger partial charge in [-0.3, -0.25) is 19.7 Å². The molecule has 0 radical (unpaired) electrons. The number of aromatic nitrogens is 3. The lowest BCUT2D eigenvalue weighted by Gasteiger charge is -2.06. The number of aromatic amines is 1. The molecule has 0 saturated heterocycles. The van der Waals surface area contributed by atoms with Crippen LogP contribution in [-0.4, -0.2) is 40.1 Å². The molecule has 0 atom stereocenters. The number of amides is 2. The Bertz CT molecular complexity index is 860. The van der Waals surface area contributed by atoms with Gasteiger partial charge < -0.3 is 10.6 Å². The van der Waals surface area contributed by atoms with Gasteiger partial charge in [-0.2, -0.15) is 5.10 Å². The molecule has 2 amide bonds. The van der Waals surface area contributed by atoms with Crippen LogP contribution in [0.15, 0.2) is 48.7 Å². The standard InChI is InChI=1S/C18H19N5O2/c24-16(20-11-8-13-5-3-4-10-19-13)9-12-21-18(25)17-14-6-1-2-7-15(14)22-23-17/h1-7,10H,8-9,11-12H2,(H,20,24)(H,21,25)(H,22,23). The number of benzene rings is 1. The van der Waals surface area contributed by atoms with E-state index in [1.54, 1.807) is 6.20 Å². The van der Waals surface area contributed by atoms with Crippen molar-refractivity contribution in [2.24, 2.45) is 0 Å². The summed E-state index contributed by atoms with van der Waals surface area (Å²) in [4.78, 5) is 28.2. The summed E-state index contributed by atoms with van der Waals surface area (Å²) in [5.41, 5.74) is 2.08. The molecular weight excluding hydrogens is 318 g/mol. The van der Waals surface area contributed by atoms with Crippen LogP contribution >= 0.6 is 0 Å². The fourth-order valence-electron chi connectivity index (χ4n) is 2.47. The fraction of sp³-hybridized carbons (Fsp3) is 0.222. The average Bonchev–Trinajstić information content (AvgIpc) is 3.07. The maximum atomic E-state index is 12.2. The van der Waals surface area contributed by atoms with Gasteiger partial charge in [0, 0.05) is 43.2 Å². The Balaban J connectivity index is 1.40. The van der Waals surface area contributed by atoms with Crippen molar-refractivity contribution < 1.29 is 9.59 Å². The molecular formula is C18H19N5O2. The van der Waals surface area contributed by atoms with Gasteiger partial charge >= 0.3 is 0 Å². The van der Waals surface area contributed by atoms with Crippen LogP contribution in [0.1, 0.15) is 22.6 Å². The summed E-state index contributed by atoms with van der Waals surface area (Å²) >= 11 is 0. The summed E-state index contributed by atoms with van der Waals surface area (Å²) in [6, 6.07) is 13.1. The number of nitrogens with one attached hydrogen (secondary N) is 3. The Morgan fingerprint density at radius 1 is 1.00 bits per heavy atom. The predicted molar refractivity (Wildman–Crippen MR) is 94.0 cm³/mol. The molecule has 0 bridgehead atoms. The molecule has 2 aromatic heterocycles. The van der Waals surface area contributed by atoms with Crippen LogP contribution < -0.4 is 10.6 Å². The van der Waals surface area contributed by atoms with Gasteiger partial charge in [0.05, 0.1) is 5.52 Å². The van der Waals surface area contributed by atoms with Crippen molar-refractivity contribution in [3.05, 3.63) is 60.0 Å². The Kier molecular flexibility index (Phi) is 5.36. The zero-order chi connectivity index (χ0) is 17.5. The normalized spacial score (nSPS) is 10.6. The molecule has 128 valence electrons. The fourth-order valence-corrected chi connectivity index (χ4v) is 2.47. The Morgan fingerprint density at radius 3 is 2.68 bits per heavy atom. The van der Waals surface area contributed by atoms with Crippen molar-refractivity contribution in [1.82, 2.24) is 25.8 Å². The summed E-state index contributed by atoms with van der Waals surface area (Å²) < 4.78 is 0. The lowest BCUT2D eigenvalue weighted by molar-refractivity contribution is -0.120. The van der Waals surface area contributed by atoms with E-state index in [2.05, 4.69) is 25.8 Å². The van der Waals surface area contributed by atoms with Crippen LogP contribution in [0, 0.1) is 0 Å². The molecule has 0 spiro atoms. The highest BCUT2D eigenvalue weighted by atomic mass is 16.2. The first-order valence-corrected chi connectivity index (χ1v) is 8.12. The first kappa shape index (κ1) is 16.6. The van der Waals surface area contributed by atoms with Crippen molar-refractivity contribution >= 4 is 22.7 Å². The smallest absolute Gasteiger partial charge is 0.272 e. The predicted octanol–water partition coefficient (Wildman–Crippen LogP) is 1.44. The highest BCUT2D eigenvalue weighted by Crippen LogP contribution is 2.14. The van der Waals surface area contributed by atoms with E-state index in [4.69, 9.17) is 0 Å². The van der Waals surface area contributed by atoms with Gasteiger partial charge in [-0.15, -0.1) is 0 Å². The molecule has 0 aliphatic rings. The number of carbonyl (C=O) groups is 2. The number of hydrogen-bond donors (Lipinski definition) is 3. The molecule has 0 aliphatic heterocycles. The number of para-hydroxylation sites is 1. The maximum absolute atomic E-state index is 12.2. The maximum Gasteiger partial charge on any atom is 0.272 e. The van der Waals surface area contributed by atoms with Gasteiger partial charge in [0.1, 0.15) is 0 Å². The summed E-state index contributed by atoms with van der Waals surface area (Å²) in [6.07, 6.45) is 2.62. The molecule has 3 N–H and O–H groups in total. The molecule has 0 unspecified atom stereocenters. The van der Waals surface area contributed by atoms with E-state index in [1.165, 1.54) is 0 Å². The molecule has 1 aromatic carbocycles. The van der Waals surface area contributed by atoms with Crippen LogP contribution in [0.25, 0.3) is 10.9 Å². The summed E-state index contributed by atoms with van der Waals surface area (Å²) in [5, 5.41) is 13.1. The Morgan fingerprint density at radius 2 is 1.84 bits per heavy atom. The van der Waals surface area contributed by atoms with Crippen LogP contribution in [0.4, 0.5) is 0 Å². The lowest BCUT2D eigenvalue weighted by Crippen LogP contribution is -2.32. The molecule has 7 heteroatoms. The van der Waals surface area contributed by atoms with E-state index in [1.807, 2.05) is 42.5 Å². The first-order valence-electron chi connectivity index (χ1n) is 8.12. The average molecular weight is 337 g/mol. The van der Waals surface area contributed by atoms with Gasteiger partial charge in [-0.05, 0) is 18.2 Å². The van der Waals surface area contributed by atoms with Gasteiger partial charge in [-0.25, -0.2) is 0 Å². The van der Waals surface area contributed by atoms with E-state index in [0.29, 0.717) is 18.7 Å². The third-order valence-corrected chi connectivity index (χ3v) is 3.75. The van der Waals surface area contributed by atoms with Crippen molar-refractivity contribution in [2.75, 3.05) is 13.1 Å². The van der Waals surface area contributed by atoms with Crippen LogP contribution in [0.3, 0.4) is 0 Å². The topological polar surface area (TPSA) is 99.8 Å². The molecule has 25 heavy (non-hydrogen) atoms. The molecule has 0 saturated carbocycles. The third-order valence-electron chi connectivity index (χ3n) is 3.75. The molecule has 2 heterocycles. The number of rotatable bonds is 7. The highest BCUT2D eigenvalue weighted by Gasteiger charge is 2.13. The zero-order valence-corrected chi connectivity index (χ0v) is 13.7. The molecule has 7 nitrogen and oxygen atoms in total. The lowest BCUT2D eigenvalue weighted by atomic mass is 10.2. The number of pyridine rings is 1. The van der Waals surface area contributed by atoms with Crippen molar-refractivity contribution in [3.63, 3.8) is 0 Å². The van der Waals surface area contributed by atoms with E-state index in [0.717, 1.165) is 16.6 Å². The van der Waals surface area contributed by atoms with Gasteiger partial charge in [0.15, 0.2) is 5.69 Å². The second-order valence-corrected chi connectivity index (χ2v) is 5.54. The number of fused-ring (bicyclic) bond motifs is 1. The minimum absolute atomic E-state index is 0.108. The van der Waals surface area contributed by atoms with Crippen LogP contribution in [-0.2, 0) is 11.2 Å². The second kappa shape index (κ2) is 8.05. The molecule has 3 rings (SSSR count). The van der Waals surface area contributed by atoms with Crippen molar-refractivity contribution in [2.45, 2.75) is 12.8 Å². The quantitative estimate of drug-likeness (QED) is 0.607. The monoisotopic (exact) mass is 337 g/mol. The van der Waals surface area contributed by atoms with E-state index in [9.17, 15) is 9.59 Å². The van der Waals surface area contributed by atoms with Crippen molar-refractivity contribution in [3.8, 4) is 0 Å². The Labute approximate surface area is 144 Å². The largest absolute Gasteiger partial charge is 0.356 e. The Hall–Kier alpha value is -3.22. The van der Waals surface area contributed by atoms with E-state index < -0.39 is 0 Å². The molecule has 0 aliphatic carbocycles. The minimum Gasteiger partial charge on any atom is -0.356 e. The van der Waals surface area contributed by atoms with Gasteiger partial charge in [0.25, 0.3) is 5.91 Å². The number of carbonyl (C=O) groups excluding carboxylic acids is 2. The third kappa shape index (κ3) is 4.41. The van der Waals surface area contributed by atoms with Gasteiger partial charge in [-0.1, -0.05) is 24.3 Å². The molecule has 0 fully saturated rings. The summed E-state index contributed by atoms with van der Waals surface area (Å²) in [6.45, 7) is 0.781. The summed E-state index contributed by atoms with van der Waals surface area (Å²) in [7, 11) is 0. The van der Waals surface area contributed by atoms with Crippen LogP contribution in [0.5, 0.6) is 0 Å².